The summed E-state index contributed by atoms with van der Waals surface area (Å²) in [4.78, 5) is 103. The monoisotopic (exact) mass is 1530 g/mol. The molecule has 3 saturated heterocycles. The second kappa shape index (κ2) is 58.4. The van der Waals surface area contributed by atoms with Crippen LogP contribution < -0.4 is 26.6 Å². The molecule has 0 saturated carbocycles. The number of carbonyl (C=O) groups is 8. The number of hydrogen-bond donors (Lipinski definition) is 14. The Kier molecular flexibility index (Phi) is 54.8. The number of Topliss-reactive ketones (excluding diaryl/α,β-unsaturated/α-hetero) is 3. The smallest absolute Gasteiger partial charge is 0.220 e. The summed E-state index contributed by atoms with van der Waals surface area (Å²) in [5, 5.41) is 104. The molecule has 106 heavy (non-hydrogen) atoms. The molecule has 0 aromatic heterocycles. The summed E-state index contributed by atoms with van der Waals surface area (Å²) >= 11 is 0. The molecule has 3 aliphatic rings. The quantitative estimate of drug-likeness (QED) is 0.0312. The van der Waals surface area contributed by atoms with Crippen molar-refractivity contribution in [2.24, 2.45) is 5.41 Å². The highest BCUT2D eigenvalue weighted by atomic mass is 16.7. The van der Waals surface area contributed by atoms with Crippen LogP contribution >= 0.6 is 0 Å². The van der Waals surface area contributed by atoms with E-state index in [0.717, 1.165) is 0 Å². The van der Waals surface area contributed by atoms with Crippen LogP contribution in [0.25, 0.3) is 0 Å². The summed E-state index contributed by atoms with van der Waals surface area (Å²) in [6.07, 6.45) is -12.8. The van der Waals surface area contributed by atoms with Gasteiger partial charge in [-0.2, -0.15) is 0 Å². The van der Waals surface area contributed by atoms with E-state index < -0.39 is 147 Å². The van der Waals surface area contributed by atoms with Gasteiger partial charge in [-0.1, -0.05) is 41.5 Å². The normalized spacial score (nSPS) is 25.0. The number of aliphatic hydroxyl groups is 9. The van der Waals surface area contributed by atoms with Gasteiger partial charge in [-0.25, -0.2) is 0 Å². The van der Waals surface area contributed by atoms with Crippen molar-refractivity contribution in [3.05, 3.63) is 0 Å². The van der Waals surface area contributed by atoms with Crippen LogP contribution in [0.2, 0.25) is 0 Å². The zero-order chi connectivity index (χ0) is 79.5. The fraction of sp³-hybridized carbons (Fsp3) is 0.887. The summed E-state index contributed by atoms with van der Waals surface area (Å²) < 4.78 is 72.4. The maximum atomic E-state index is 13.9. The van der Waals surface area contributed by atoms with E-state index >= 15 is 0 Å². The number of carbonyl (C=O) groups excluding carboxylic acids is 8. The van der Waals surface area contributed by atoms with Gasteiger partial charge in [-0.05, 0) is 56.8 Å². The highest BCUT2D eigenvalue weighted by Crippen LogP contribution is 2.29. The second-order valence-electron chi connectivity index (χ2n) is 27.4. The number of ketones is 3. The molecule has 0 aliphatic carbocycles. The van der Waals surface area contributed by atoms with Crippen molar-refractivity contribution >= 4 is 46.9 Å². The van der Waals surface area contributed by atoms with Crippen molar-refractivity contribution in [2.75, 3.05) is 139 Å². The third kappa shape index (κ3) is 44.4. The average molecular weight is 1530 g/mol. The van der Waals surface area contributed by atoms with Gasteiger partial charge in [0.2, 0.25) is 29.5 Å². The van der Waals surface area contributed by atoms with Gasteiger partial charge in [-0.3, -0.25) is 38.4 Å². The molecule has 3 fully saturated rings. The summed E-state index contributed by atoms with van der Waals surface area (Å²) in [5.41, 5.74) is -0.725. The minimum atomic E-state index is -1.47. The molecular formula is C71H131N5O30. The van der Waals surface area contributed by atoms with Gasteiger partial charge in [0.15, 0.2) is 18.9 Å². The van der Waals surface area contributed by atoms with Crippen molar-refractivity contribution in [2.45, 2.75) is 263 Å². The van der Waals surface area contributed by atoms with Gasteiger partial charge in [0, 0.05) is 111 Å². The Balaban J connectivity index is 0.00000767. The highest BCUT2D eigenvalue weighted by Gasteiger charge is 2.48. The zero-order valence-electron chi connectivity index (χ0n) is 64.2. The number of methoxy groups -OCH3 is 1. The van der Waals surface area contributed by atoms with Crippen molar-refractivity contribution in [3.8, 4) is 0 Å². The molecule has 3 rings (SSSR count). The minimum Gasteiger partial charge on any atom is -0.394 e. The number of ether oxygens (including phenoxy) is 13. The van der Waals surface area contributed by atoms with E-state index in [1.54, 1.807) is 7.11 Å². The third-order valence-corrected chi connectivity index (χ3v) is 16.4. The Labute approximate surface area is 624 Å². The van der Waals surface area contributed by atoms with E-state index in [2.05, 4.69) is 54.3 Å². The number of aliphatic hydroxyl groups excluding tert-OH is 9. The fourth-order valence-corrected chi connectivity index (χ4v) is 11.0. The van der Waals surface area contributed by atoms with Crippen molar-refractivity contribution in [1.82, 2.24) is 26.6 Å². The number of unbranched alkanes of at least 4 members (excludes halogenated alkanes) is 1. The fourth-order valence-electron chi connectivity index (χ4n) is 11.0. The van der Waals surface area contributed by atoms with E-state index in [-0.39, 0.29) is 194 Å². The summed E-state index contributed by atoms with van der Waals surface area (Å²) in [7, 11) is 1.58. The molecular weight excluding hydrogens is 1400 g/mol. The Hall–Kier alpha value is -4.52. The zero-order valence-corrected chi connectivity index (χ0v) is 64.2. The first-order chi connectivity index (χ1) is 50.5. The van der Waals surface area contributed by atoms with Crippen LogP contribution in [-0.4, -0.2) is 329 Å². The van der Waals surface area contributed by atoms with Gasteiger partial charge in [0.1, 0.15) is 90.4 Å². The van der Waals surface area contributed by atoms with Crippen LogP contribution in [0.4, 0.5) is 0 Å². The molecule has 15 atom stereocenters. The van der Waals surface area contributed by atoms with Crippen molar-refractivity contribution in [1.29, 1.82) is 0 Å². The van der Waals surface area contributed by atoms with Crippen LogP contribution in [-0.2, 0) is 99.9 Å². The molecule has 0 aromatic rings. The first-order valence-electron chi connectivity index (χ1n) is 37.1. The lowest BCUT2D eigenvalue weighted by Gasteiger charge is -2.42. The van der Waals surface area contributed by atoms with Crippen molar-refractivity contribution < 1.29 is 146 Å². The van der Waals surface area contributed by atoms with E-state index in [1.807, 2.05) is 13.8 Å². The van der Waals surface area contributed by atoms with Gasteiger partial charge in [-0.15, -0.1) is 0 Å². The molecule has 3 heterocycles. The van der Waals surface area contributed by atoms with Crippen molar-refractivity contribution in [3.63, 3.8) is 0 Å². The van der Waals surface area contributed by atoms with Gasteiger partial charge >= 0.3 is 0 Å². The van der Waals surface area contributed by atoms with Gasteiger partial charge in [0.25, 0.3) is 0 Å². The first-order valence-corrected chi connectivity index (χ1v) is 37.1. The Morgan fingerprint density at radius 2 is 0.679 bits per heavy atom. The topological polar surface area (TPSA) is 499 Å². The largest absolute Gasteiger partial charge is 0.394 e. The van der Waals surface area contributed by atoms with Gasteiger partial charge in [0.05, 0.1) is 106 Å². The van der Waals surface area contributed by atoms with E-state index in [1.165, 1.54) is 20.8 Å². The SMILES string of the molecule is CC.CC(C)(C)C.COCCCCC(=O)CCCC(=O)NC(CCC(=O)CCCOCCOCCOC1OC(CO)C(O)C(O)C1NC(C)=O)(CCC(=O)CCCOCCOCCOC1OC(CO)C(O)C(O)C1NC(C)=O)CCC(=O)NCCOCCOCCOC1OC(CO)C(O)C(O)C1NC(C)=O. The second-order valence-corrected chi connectivity index (χ2v) is 27.4. The molecule has 0 radical (unpaired) electrons. The Morgan fingerprint density at radius 1 is 0.368 bits per heavy atom. The number of hydrogen-bond acceptors (Lipinski definition) is 30. The molecule has 0 spiro atoms. The summed E-state index contributed by atoms with van der Waals surface area (Å²) in [6, 6.07) is -3.32. The molecule has 0 bridgehead atoms. The van der Waals surface area contributed by atoms with Crippen LogP contribution in [0.3, 0.4) is 0 Å². The maximum Gasteiger partial charge on any atom is 0.220 e. The van der Waals surface area contributed by atoms with Gasteiger partial charge < -0.3 is 134 Å². The van der Waals surface area contributed by atoms with Crippen LogP contribution in [0.15, 0.2) is 0 Å². The lowest BCUT2D eigenvalue weighted by atomic mass is 9.81. The van der Waals surface area contributed by atoms with E-state index in [0.29, 0.717) is 44.1 Å². The predicted molar refractivity (Wildman–Crippen MR) is 380 cm³/mol. The minimum absolute atomic E-state index is 0.00574. The standard InChI is InChI=1S/C64H113N5O30.C5H12.C2H6/c1-41(73)66-52-58(84)55(81)47(38-70)97-61(52)94-35-32-91-29-26-88-23-8-12-45(77)15-18-64(69-51(80)14-7-11-44(76)10-5-6-22-87-4,19-16-46(78)13-9-24-89-27-30-92-33-36-95-62-53(67-42(2)74)59(85)56(82)48(39-71)98-62)20-17-50(79)65-21-25-90-28-31-93-34-37-96-63-54(68-43(3)75)60(86)57(83)49(40-72)99-63;1-5(2,3)4;1-2/h47-49,52-63,70-72,81-86H,5-40H2,1-4H3,(H,65,79)(H,66,73)(H,67,74)(H,68,75)(H,69,80);1-4H3;1-2H3. The highest BCUT2D eigenvalue weighted by molar-refractivity contribution is 5.82. The lowest BCUT2D eigenvalue weighted by molar-refractivity contribution is -0.272. The summed E-state index contributed by atoms with van der Waals surface area (Å²) in [5.74, 6) is -2.65. The molecule has 5 amide bonds. The first kappa shape index (κ1) is 99.5. The molecule has 0 aromatic carbocycles. The number of nitrogens with one attached hydrogen (secondary N) is 5. The molecule has 35 nitrogen and oxygen atoms in total. The molecule has 620 valence electrons. The summed E-state index contributed by atoms with van der Waals surface area (Å²) in [6.45, 7) is 16.6. The Morgan fingerprint density at radius 3 is 1.03 bits per heavy atom. The van der Waals surface area contributed by atoms with E-state index in [9.17, 15) is 84.3 Å². The maximum absolute atomic E-state index is 13.9. The molecule has 15 unspecified atom stereocenters. The van der Waals surface area contributed by atoms with Crippen LogP contribution in [0.1, 0.15) is 165 Å². The Bertz CT molecular complexity index is 2190. The van der Waals surface area contributed by atoms with E-state index in [4.69, 9.17) is 61.6 Å². The molecule has 3 aliphatic heterocycles. The lowest BCUT2D eigenvalue weighted by Crippen LogP contribution is -2.64. The molecule has 14 N–H and O–H groups in total. The average Bonchev–Trinajstić information content (AvgIpc) is 0.823. The molecule has 35 heteroatoms. The van der Waals surface area contributed by atoms with Crippen LogP contribution in [0.5, 0.6) is 0 Å². The number of rotatable bonds is 57. The predicted octanol–water partition coefficient (Wildman–Crippen LogP) is -1.39. The van der Waals surface area contributed by atoms with Crippen LogP contribution in [0, 0.1) is 5.41 Å². The number of amides is 5. The third-order valence-electron chi connectivity index (χ3n) is 16.4.